The van der Waals surface area contributed by atoms with E-state index >= 15 is 0 Å². The van der Waals surface area contributed by atoms with Crippen molar-refractivity contribution in [2.75, 3.05) is 0 Å². The molecule has 1 aromatic rings. The molecule has 15 heavy (non-hydrogen) atoms. The van der Waals surface area contributed by atoms with Crippen LogP contribution in [0, 0.1) is 10.1 Å². The molecule has 1 rings (SSSR count). The maximum absolute atomic E-state index is 11.0. The highest BCUT2D eigenvalue weighted by molar-refractivity contribution is 9.10. The van der Waals surface area contributed by atoms with E-state index in [0.717, 1.165) is 12.1 Å². The van der Waals surface area contributed by atoms with Gasteiger partial charge in [0, 0.05) is 21.2 Å². The number of benzene rings is 1. The Kier molecular flexibility index (Phi) is 3.59. The zero-order chi connectivity index (χ0) is 11.8. The fourth-order valence-electron chi connectivity index (χ4n) is 0.824. The first-order valence-corrected chi connectivity index (χ1v) is 6.79. The zero-order valence-electron chi connectivity index (χ0n) is 6.78. The van der Waals surface area contributed by atoms with E-state index in [0.29, 0.717) is 0 Å². The Morgan fingerprint density at radius 1 is 1.40 bits per heavy atom. The molecule has 0 aliphatic rings. The van der Waals surface area contributed by atoms with Crippen LogP contribution in [0.4, 0.5) is 5.69 Å². The van der Waals surface area contributed by atoms with Crippen LogP contribution in [-0.2, 0) is 9.05 Å². The molecular weight excluding hydrogens is 333 g/mol. The van der Waals surface area contributed by atoms with E-state index in [1.54, 1.807) is 0 Å². The third-order valence-corrected chi connectivity index (χ3v) is 4.04. The van der Waals surface area contributed by atoms with E-state index in [1.807, 2.05) is 0 Å². The van der Waals surface area contributed by atoms with Crippen molar-refractivity contribution in [3.63, 3.8) is 0 Å². The summed E-state index contributed by atoms with van der Waals surface area (Å²) in [6, 6.07) is 1.90. The maximum atomic E-state index is 11.0. The second-order valence-corrected chi connectivity index (χ2v) is 6.23. The molecule has 0 saturated heterocycles. The van der Waals surface area contributed by atoms with Gasteiger partial charge in [-0.25, -0.2) is 8.42 Å². The predicted octanol–water partition coefficient (Wildman–Crippen LogP) is 2.94. The summed E-state index contributed by atoms with van der Waals surface area (Å²) in [5, 5.41) is 10.3. The molecule has 0 aliphatic carbocycles. The minimum atomic E-state index is -4.02. The van der Waals surface area contributed by atoms with Gasteiger partial charge >= 0.3 is 0 Å². The number of nitrogens with zero attached hydrogens (tertiary/aromatic N) is 1. The van der Waals surface area contributed by atoms with Gasteiger partial charge in [-0.15, -0.1) is 0 Å². The molecule has 0 bridgehead atoms. The van der Waals surface area contributed by atoms with Crippen LogP contribution in [0.25, 0.3) is 0 Å². The molecule has 82 valence electrons. The first-order valence-electron chi connectivity index (χ1n) is 3.31. The summed E-state index contributed by atoms with van der Waals surface area (Å²) in [5.74, 6) is 0. The first kappa shape index (κ1) is 12.7. The number of hydrogen-bond donors (Lipinski definition) is 0. The van der Waals surface area contributed by atoms with Gasteiger partial charge in [0.05, 0.1) is 9.82 Å². The van der Waals surface area contributed by atoms with E-state index in [4.69, 9.17) is 22.3 Å². The van der Waals surface area contributed by atoms with Crippen molar-refractivity contribution in [3.8, 4) is 0 Å². The van der Waals surface area contributed by atoms with Gasteiger partial charge in [0.1, 0.15) is 5.02 Å². The number of hydrogen-bond acceptors (Lipinski definition) is 4. The van der Waals surface area contributed by atoms with E-state index < -0.39 is 19.7 Å². The molecule has 0 spiro atoms. The molecule has 0 aromatic heterocycles. The summed E-state index contributed by atoms with van der Waals surface area (Å²) in [4.78, 5) is 9.34. The van der Waals surface area contributed by atoms with Gasteiger partial charge in [0.25, 0.3) is 14.7 Å². The lowest BCUT2D eigenvalue weighted by Gasteiger charge is -2.01. The van der Waals surface area contributed by atoms with Crippen molar-refractivity contribution in [2.45, 2.75) is 4.90 Å². The third kappa shape index (κ3) is 2.81. The maximum Gasteiger partial charge on any atom is 0.290 e. The van der Waals surface area contributed by atoms with Crippen LogP contribution in [0.3, 0.4) is 0 Å². The van der Waals surface area contributed by atoms with Crippen molar-refractivity contribution in [1.29, 1.82) is 0 Å². The fourth-order valence-corrected chi connectivity index (χ4v) is 2.38. The van der Waals surface area contributed by atoms with Crippen LogP contribution in [-0.4, -0.2) is 13.3 Å². The van der Waals surface area contributed by atoms with Crippen LogP contribution < -0.4 is 0 Å². The Morgan fingerprint density at radius 3 is 2.33 bits per heavy atom. The molecule has 5 nitrogen and oxygen atoms in total. The molecule has 0 fully saturated rings. The molecule has 0 saturated carbocycles. The van der Waals surface area contributed by atoms with E-state index in [2.05, 4.69) is 15.9 Å². The largest absolute Gasteiger partial charge is 0.290 e. The summed E-state index contributed by atoms with van der Waals surface area (Å²) in [7, 11) is 1.03. The minimum Gasteiger partial charge on any atom is -0.258 e. The van der Waals surface area contributed by atoms with E-state index in [-0.39, 0.29) is 14.4 Å². The average molecular weight is 335 g/mol. The molecule has 0 aliphatic heterocycles. The van der Waals surface area contributed by atoms with Crippen molar-refractivity contribution in [2.24, 2.45) is 0 Å². The van der Waals surface area contributed by atoms with Gasteiger partial charge in [-0.05, 0) is 22.0 Å². The Balaban J connectivity index is 3.57. The lowest BCUT2D eigenvalue weighted by molar-refractivity contribution is -0.385. The van der Waals surface area contributed by atoms with Crippen LogP contribution in [0.2, 0.25) is 5.02 Å². The standard InChI is InChI=1S/C6H2BrCl2NO4S/c7-4-1-3(15(9,13)14)2-5(6(4)8)10(11)12/h1-2H. The number of halogens is 3. The molecule has 0 N–H and O–H groups in total. The van der Waals surface area contributed by atoms with Gasteiger partial charge in [-0.1, -0.05) is 11.6 Å². The highest BCUT2D eigenvalue weighted by Gasteiger charge is 2.21. The van der Waals surface area contributed by atoms with Crippen molar-refractivity contribution in [1.82, 2.24) is 0 Å². The van der Waals surface area contributed by atoms with E-state index in [9.17, 15) is 18.5 Å². The summed E-state index contributed by atoms with van der Waals surface area (Å²) in [5.41, 5.74) is -0.523. The molecule has 1 aromatic carbocycles. The highest BCUT2D eigenvalue weighted by Crippen LogP contribution is 2.35. The van der Waals surface area contributed by atoms with Crippen LogP contribution >= 0.6 is 38.2 Å². The van der Waals surface area contributed by atoms with Crippen LogP contribution in [0.15, 0.2) is 21.5 Å². The van der Waals surface area contributed by atoms with Crippen LogP contribution in [0.5, 0.6) is 0 Å². The molecule has 0 amide bonds. The van der Waals surface area contributed by atoms with E-state index in [1.165, 1.54) is 0 Å². The predicted molar refractivity (Wildman–Crippen MR) is 58.8 cm³/mol. The molecule has 9 heteroatoms. The van der Waals surface area contributed by atoms with Crippen molar-refractivity contribution >= 4 is 53.0 Å². The number of nitro benzene ring substituents is 1. The molecule has 0 unspecified atom stereocenters. The topological polar surface area (TPSA) is 77.3 Å². The normalized spacial score (nSPS) is 11.4. The molecule has 0 atom stereocenters. The molecule has 0 heterocycles. The summed E-state index contributed by atoms with van der Waals surface area (Å²) in [6.07, 6.45) is 0. The quantitative estimate of drug-likeness (QED) is 0.473. The smallest absolute Gasteiger partial charge is 0.258 e. The molecular formula is C6H2BrCl2NO4S. The monoisotopic (exact) mass is 333 g/mol. The number of nitro groups is 1. The lowest BCUT2D eigenvalue weighted by Crippen LogP contribution is -1.95. The molecule has 0 radical (unpaired) electrons. The SMILES string of the molecule is O=[N+]([O-])c1cc(S(=O)(=O)Cl)cc(Br)c1Cl. The first-order chi connectivity index (χ1) is 6.73. The van der Waals surface area contributed by atoms with Gasteiger partial charge in [0.2, 0.25) is 0 Å². The third-order valence-electron chi connectivity index (χ3n) is 1.46. The lowest BCUT2D eigenvalue weighted by atomic mass is 10.3. The minimum absolute atomic E-state index is 0.0950. The summed E-state index contributed by atoms with van der Waals surface area (Å²) >= 11 is 8.48. The fraction of sp³-hybridized carbons (Fsp3) is 0. The summed E-state index contributed by atoms with van der Waals surface area (Å²) in [6.45, 7) is 0. The highest BCUT2D eigenvalue weighted by atomic mass is 79.9. The van der Waals surface area contributed by atoms with Gasteiger partial charge in [-0.2, -0.15) is 0 Å². The van der Waals surface area contributed by atoms with Crippen LogP contribution in [0.1, 0.15) is 0 Å². The van der Waals surface area contributed by atoms with Gasteiger partial charge in [-0.3, -0.25) is 10.1 Å². The summed E-state index contributed by atoms with van der Waals surface area (Å²) < 4.78 is 22.0. The second kappa shape index (κ2) is 4.25. The van der Waals surface area contributed by atoms with Crippen molar-refractivity contribution in [3.05, 3.63) is 31.7 Å². The van der Waals surface area contributed by atoms with Crippen molar-refractivity contribution < 1.29 is 13.3 Å². The second-order valence-electron chi connectivity index (χ2n) is 2.43. The number of rotatable bonds is 2. The Bertz CT molecular complexity index is 530. The Labute approximate surface area is 103 Å². The average Bonchev–Trinajstić information content (AvgIpc) is 2.06. The Morgan fingerprint density at radius 2 is 1.93 bits per heavy atom. The zero-order valence-corrected chi connectivity index (χ0v) is 10.7. The van der Waals surface area contributed by atoms with Gasteiger partial charge < -0.3 is 0 Å². The van der Waals surface area contributed by atoms with Gasteiger partial charge in [0.15, 0.2) is 0 Å². The Hall–Kier alpha value is -0.370.